The Balaban J connectivity index is 1.46. The van der Waals surface area contributed by atoms with Gasteiger partial charge in [0.05, 0.1) is 33.4 Å². The maximum absolute atomic E-state index is 14.5. The molecule has 8 rings (SSSR count). The third kappa shape index (κ3) is 11.7. The van der Waals surface area contributed by atoms with Crippen molar-refractivity contribution < 1.29 is 79.0 Å². The molecular formula is C54H34F18P2. The first kappa shape index (κ1) is 54.2. The highest BCUT2D eigenvalue weighted by atomic mass is 31.1. The zero-order valence-corrected chi connectivity index (χ0v) is 39.8. The highest BCUT2D eigenvalue weighted by Crippen LogP contribution is 2.51. The Bertz CT molecular complexity index is 3120. The average molecular weight is 1090 g/mol. The van der Waals surface area contributed by atoms with Gasteiger partial charge >= 0.3 is 37.1 Å². The van der Waals surface area contributed by atoms with Crippen LogP contribution in [0.4, 0.5) is 79.0 Å². The smallest absolute Gasteiger partial charge is 0.166 e. The molecule has 0 nitrogen and oxygen atoms in total. The van der Waals surface area contributed by atoms with E-state index in [2.05, 4.69) is 0 Å². The van der Waals surface area contributed by atoms with Gasteiger partial charge in [-0.3, -0.25) is 0 Å². The Morgan fingerprint density at radius 3 is 0.838 bits per heavy atom. The van der Waals surface area contributed by atoms with Crippen LogP contribution in [0.25, 0.3) is 32.7 Å². The Morgan fingerprint density at radius 2 is 0.554 bits per heavy atom. The lowest BCUT2D eigenvalue weighted by Crippen LogP contribution is -2.21. The van der Waals surface area contributed by atoms with Crippen LogP contribution in [-0.2, 0) is 49.4 Å². The first-order chi connectivity index (χ1) is 34.3. The fraction of sp³-hybridized carbons (Fsp3) is 0.185. The van der Waals surface area contributed by atoms with Gasteiger partial charge in [-0.15, -0.1) is 0 Å². The summed E-state index contributed by atoms with van der Waals surface area (Å²) in [6.45, 7) is 2.52. The van der Waals surface area contributed by atoms with Crippen LogP contribution < -0.4 is 21.2 Å². The first-order valence-electron chi connectivity index (χ1n) is 21.8. The second kappa shape index (κ2) is 19.5. The van der Waals surface area contributed by atoms with E-state index < -0.39 is 109 Å². The van der Waals surface area contributed by atoms with Crippen LogP contribution in [0.2, 0.25) is 0 Å². The molecule has 0 aromatic heterocycles. The van der Waals surface area contributed by atoms with Crippen molar-refractivity contribution in [3.05, 3.63) is 201 Å². The lowest BCUT2D eigenvalue weighted by Gasteiger charge is -2.27. The van der Waals surface area contributed by atoms with Crippen LogP contribution >= 0.6 is 15.8 Å². The van der Waals surface area contributed by atoms with E-state index in [1.54, 1.807) is 60.7 Å². The van der Waals surface area contributed by atoms with Crippen LogP contribution in [0, 0.1) is 13.8 Å². The Morgan fingerprint density at radius 1 is 0.297 bits per heavy atom. The zero-order valence-electron chi connectivity index (χ0n) is 38.0. The number of hydrogen-bond donors (Lipinski definition) is 0. The molecule has 74 heavy (non-hydrogen) atoms. The molecule has 8 aromatic rings. The van der Waals surface area contributed by atoms with E-state index >= 15 is 0 Å². The molecule has 2 atom stereocenters. The Hall–Kier alpha value is -6.12. The van der Waals surface area contributed by atoms with Crippen molar-refractivity contribution in [2.75, 3.05) is 0 Å². The molecule has 0 bridgehead atoms. The number of hydrogen-bond acceptors (Lipinski definition) is 0. The summed E-state index contributed by atoms with van der Waals surface area (Å²) in [6, 6.07) is 25.6. The summed E-state index contributed by atoms with van der Waals surface area (Å²) in [5, 5.41) is -0.169. The van der Waals surface area contributed by atoms with E-state index in [4.69, 9.17) is 0 Å². The second-order valence-electron chi connectivity index (χ2n) is 17.5. The Kier molecular flexibility index (Phi) is 14.3. The average Bonchev–Trinajstić information content (AvgIpc) is 3.30. The number of alkyl halides is 18. The predicted molar refractivity (Wildman–Crippen MR) is 252 cm³/mol. The number of rotatable bonds is 9. The summed E-state index contributed by atoms with van der Waals surface area (Å²) in [6.07, 6.45) is -32.7. The van der Waals surface area contributed by atoms with E-state index in [9.17, 15) is 79.0 Å². The van der Waals surface area contributed by atoms with Crippen LogP contribution in [0.1, 0.15) is 55.6 Å². The maximum atomic E-state index is 14.5. The molecule has 0 N–H and O–H groups in total. The van der Waals surface area contributed by atoms with Gasteiger partial charge in [-0.1, -0.05) is 84.9 Å². The minimum absolute atomic E-state index is 0.0399. The fourth-order valence-electron chi connectivity index (χ4n) is 8.84. The highest BCUT2D eigenvalue weighted by molar-refractivity contribution is 7.72. The van der Waals surface area contributed by atoms with Crippen LogP contribution in [-0.4, -0.2) is 0 Å². The van der Waals surface area contributed by atoms with Gasteiger partial charge in [0.15, 0.2) is 0 Å². The number of fused-ring (bicyclic) bond motifs is 2. The number of benzene rings is 8. The molecule has 0 aliphatic rings. The van der Waals surface area contributed by atoms with Crippen molar-refractivity contribution in [2.45, 2.75) is 63.2 Å². The Labute approximate surface area is 412 Å². The molecule has 0 aliphatic carbocycles. The minimum Gasteiger partial charge on any atom is -0.166 e. The van der Waals surface area contributed by atoms with E-state index in [1.807, 2.05) is 0 Å². The van der Waals surface area contributed by atoms with Crippen molar-refractivity contribution in [2.24, 2.45) is 0 Å². The molecular weight excluding hydrogens is 1050 g/mol. The lowest BCUT2D eigenvalue weighted by atomic mass is 9.88. The first-order valence-corrected chi connectivity index (χ1v) is 24.8. The third-order valence-corrected chi connectivity index (χ3v) is 16.9. The summed E-state index contributed by atoms with van der Waals surface area (Å²) in [4.78, 5) is 0. The summed E-state index contributed by atoms with van der Waals surface area (Å²) < 4.78 is 261. The van der Waals surface area contributed by atoms with Gasteiger partial charge in [0.2, 0.25) is 0 Å². The summed E-state index contributed by atoms with van der Waals surface area (Å²) in [7, 11) is -5.40. The molecule has 0 spiro atoms. The van der Waals surface area contributed by atoms with Crippen molar-refractivity contribution in [1.82, 2.24) is 0 Å². The van der Waals surface area contributed by atoms with E-state index in [1.165, 1.54) is 38.1 Å². The SMILES string of the molecule is Cc1cc(P(Cc2ccc3ccccc3c2-c2c(CP(c3cc(C)cc(C(F)(F)F)c3)c3cc(C(F)(F)F)cc(C(F)(F)F)c3)ccc3ccccc23)c2cc(C(F)(F)F)cc(C(F)(F)F)c2)cc(C(F)(F)F)c1. The van der Waals surface area contributed by atoms with Crippen LogP contribution in [0.5, 0.6) is 0 Å². The number of aryl methyl sites for hydroxylation is 2. The molecule has 0 fully saturated rings. The molecule has 0 heterocycles. The van der Waals surface area contributed by atoms with Crippen LogP contribution in [0.3, 0.4) is 0 Å². The second-order valence-corrected chi connectivity index (χ2v) is 21.9. The van der Waals surface area contributed by atoms with Gasteiger partial charge in [0.25, 0.3) is 0 Å². The zero-order chi connectivity index (χ0) is 54.1. The minimum atomic E-state index is -5.37. The van der Waals surface area contributed by atoms with Gasteiger partial charge in [-0.2, -0.15) is 79.0 Å². The summed E-state index contributed by atoms with van der Waals surface area (Å²) in [5.74, 6) is 0. The van der Waals surface area contributed by atoms with E-state index in [-0.39, 0.29) is 56.1 Å². The molecule has 2 unspecified atom stereocenters. The van der Waals surface area contributed by atoms with Gasteiger partial charge in [0.1, 0.15) is 0 Å². The van der Waals surface area contributed by atoms with Crippen molar-refractivity contribution in [3.8, 4) is 11.1 Å². The van der Waals surface area contributed by atoms with Gasteiger partial charge in [-0.05, 0) is 166 Å². The molecule has 386 valence electrons. The van der Waals surface area contributed by atoms with Crippen LogP contribution in [0.15, 0.2) is 146 Å². The topological polar surface area (TPSA) is 0 Å². The maximum Gasteiger partial charge on any atom is 0.416 e. The van der Waals surface area contributed by atoms with Crippen molar-refractivity contribution in [3.63, 3.8) is 0 Å². The van der Waals surface area contributed by atoms with Crippen molar-refractivity contribution >= 4 is 58.6 Å². The molecule has 0 saturated carbocycles. The van der Waals surface area contributed by atoms with E-state index in [0.717, 1.165) is 12.1 Å². The molecule has 8 aromatic carbocycles. The predicted octanol–water partition coefficient (Wildman–Crippen LogP) is 17.7. The normalized spacial score (nSPS) is 13.9. The summed E-state index contributed by atoms with van der Waals surface area (Å²) in [5.41, 5.74) is -8.91. The monoisotopic (exact) mass is 1090 g/mol. The molecule has 0 amide bonds. The third-order valence-electron chi connectivity index (χ3n) is 12.1. The molecule has 0 saturated heterocycles. The quantitative estimate of drug-likeness (QED) is 0.0998. The largest absolute Gasteiger partial charge is 0.416 e. The molecule has 20 heteroatoms. The lowest BCUT2D eigenvalue weighted by molar-refractivity contribution is -0.144. The van der Waals surface area contributed by atoms with E-state index in [0.29, 0.717) is 57.9 Å². The molecule has 0 aliphatic heterocycles. The summed E-state index contributed by atoms with van der Waals surface area (Å²) >= 11 is 0. The molecule has 0 radical (unpaired) electrons. The number of halogens is 18. The fourth-order valence-corrected chi connectivity index (χ4v) is 13.9. The van der Waals surface area contributed by atoms with Gasteiger partial charge in [-0.25, -0.2) is 0 Å². The van der Waals surface area contributed by atoms with Gasteiger partial charge < -0.3 is 0 Å². The standard InChI is InChI=1S/C54H34F18P2/c1-29-15-35(49(55,56)57)21-41(17-29)73(43-23-37(51(61,62)63)19-38(24-43)52(64,65)66)27-33-13-11-31-7-3-5-9-45(31)47(33)48-34(14-12-32-8-4-6-10-46(32)48)28-74(42-18-30(2)16-36(22-42)50(58,59)60)44-25-39(53(67,68)69)20-40(26-44)54(70,71)72/h3-26H,27-28H2,1-2H3. The van der Waals surface area contributed by atoms with Gasteiger partial charge in [0, 0.05) is 12.3 Å². The highest BCUT2D eigenvalue weighted by Gasteiger charge is 2.41. The van der Waals surface area contributed by atoms with Crippen molar-refractivity contribution in [1.29, 1.82) is 0 Å².